The quantitative estimate of drug-likeness (QED) is 0.789. The van der Waals surface area contributed by atoms with Gasteiger partial charge in [-0.05, 0) is 36.4 Å². The Kier molecular flexibility index (Phi) is 3.48. The van der Waals surface area contributed by atoms with Gasteiger partial charge in [-0.1, -0.05) is 18.2 Å². The maximum absolute atomic E-state index is 9.01. The van der Waals surface area contributed by atoms with Crippen LogP contribution in [-0.4, -0.2) is 14.7 Å². The summed E-state index contributed by atoms with van der Waals surface area (Å²) >= 11 is 0. The Bertz CT molecular complexity index is 675. The molecule has 3 rings (SSSR count). The van der Waals surface area contributed by atoms with E-state index >= 15 is 0 Å². The van der Waals surface area contributed by atoms with Gasteiger partial charge >= 0.3 is 0 Å². The first kappa shape index (κ1) is 12.4. The monoisotopic (exact) mass is 266 g/mol. The van der Waals surface area contributed by atoms with Crippen LogP contribution in [0.4, 0.5) is 0 Å². The molecule has 2 aromatic carbocycles. The average Bonchev–Trinajstić information content (AvgIpc) is 2.98. The Labute approximate surface area is 116 Å². The van der Waals surface area contributed by atoms with Crippen molar-refractivity contribution in [3.05, 3.63) is 72.8 Å². The molecular formula is C16H14N2O2. The van der Waals surface area contributed by atoms with Crippen LogP contribution >= 0.6 is 0 Å². The van der Waals surface area contributed by atoms with E-state index in [1.165, 1.54) is 0 Å². The molecule has 0 unspecified atom stereocenters. The Morgan fingerprint density at radius 3 is 2.30 bits per heavy atom. The third-order valence-corrected chi connectivity index (χ3v) is 2.91. The van der Waals surface area contributed by atoms with Crippen molar-refractivity contribution in [2.24, 2.45) is 0 Å². The number of hydrogen-bond acceptors (Lipinski definition) is 3. The van der Waals surface area contributed by atoms with Gasteiger partial charge in [-0.2, -0.15) is 0 Å². The maximum atomic E-state index is 9.01. The first-order valence-electron chi connectivity index (χ1n) is 6.32. The summed E-state index contributed by atoms with van der Waals surface area (Å²) in [5.41, 5.74) is 1.62. The van der Waals surface area contributed by atoms with Gasteiger partial charge in [-0.3, -0.25) is 0 Å². The van der Waals surface area contributed by atoms with Crippen LogP contribution < -0.4 is 4.74 Å². The van der Waals surface area contributed by atoms with Crippen molar-refractivity contribution in [3.8, 4) is 17.2 Å². The minimum Gasteiger partial charge on any atom is -0.457 e. The van der Waals surface area contributed by atoms with Gasteiger partial charge in [-0.15, -0.1) is 0 Å². The van der Waals surface area contributed by atoms with Crippen LogP contribution in [0.25, 0.3) is 5.69 Å². The van der Waals surface area contributed by atoms with Crippen LogP contribution in [0, 0.1) is 0 Å². The van der Waals surface area contributed by atoms with E-state index in [0.717, 1.165) is 17.2 Å². The van der Waals surface area contributed by atoms with Gasteiger partial charge in [0.25, 0.3) is 0 Å². The number of aliphatic hydroxyl groups excluding tert-OH is 1. The molecule has 3 aromatic rings. The first-order chi connectivity index (χ1) is 9.85. The highest BCUT2D eigenvalue weighted by atomic mass is 16.5. The number of nitrogens with zero attached hydrogens (tertiary/aromatic N) is 2. The standard InChI is InChI=1S/C16H14N2O2/c19-11-13-10-18(12-17-13)14-6-8-16(9-7-14)20-15-4-2-1-3-5-15/h1-10,12,19H,11H2. The molecule has 0 amide bonds. The van der Waals surface area contributed by atoms with Crippen LogP contribution in [0.1, 0.15) is 5.69 Å². The number of rotatable bonds is 4. The molecule has 0 radical (unpaired) electrons. The predicted molar refractivity (Wildman–Crippen MR) is 76.0 cm³/mol. The lowest BCUT2D eigenvalue weighted by atomic mass is 10.3. The van der Waals surface area contributed by atoms with Crippen molar-refractivity contribution in [1.29, 1.82) is 0 Å². The van der Waals surface area contributed by atoms with E-state index in [1.807, 2.05) is 59.2 Å². The molecule has 0 aliphatic carbocycles. The van der Waals surface area contributed by atoms with Crippen LogP contribution in [0.15, 0.2) is 67.1 Å². The van der Waals surface area contributed by atoms with Crippen molar-refractivity contribution < 1.29 is 9.84 Å². The van der Waals surface area contributed by atoms with Crippen LogP contribution in [0.3, 0.4) is 0 Å². The van der Waals surface area contributed by atoms with Gasteiger partial charge in [0.1, 0.15) is 11.5 Å². The second-order valence-electron chi connectivity index (χ2n) is 4.34. The van der Waals surface area contributed by atoms with E-state index in [9.17, 15) is 0 Å². The zero-order valence-corrected chi connectivity index (χ0v) is 10.8. The molecule has 1 aromatic heterocycles. The van der Waals surface area contributed by atoms with Crippen molar-refractivity contribution in [2.75, 3.05) is 0 Å². The number of para-hydroxylation sites is 1. The van der Waals surface area contributed by atoms with E-state index in [0.29, 0.717) is 5.69 Å². The third kappa shape index (κ3) is 2.70. The van der Waals surface area contributed by atoms with E-state index in [4.69, 9.17) is 9.84 Å². The summed E-state index contributed by atoms with van der Waals surface area (Å²) in [6.07, 6.45) is 3.48. The topological polar surface area (TPSA) is 47.3 Å². The molecule has 0 saturated carbocycles. The molecule has 1 N–H and O–H groups in total. The number of ether oxygens (including phenoxy) is 1. The van der Waals surface area contributed by atoms with Crippen molar-refractivity contribution in [3.63, 3.8) is 0 Å². The zero-order chi connectivity index (χ0) is 13.8. The highest BCUT2D eigenvalue weighted by Gasteiger charge is 2.01. The first-order valence-corrected chi connectivity index (χ1v) is 6.32. The summed E-state index contributed by atoms with van der Waals surface area (Å²) in [6.45, 7) is -0.0534. The second kappa shape index (κ2) is 5.59. The van der Waals surface area contributed by atoms with Crippen LogP contribution in [0.5, 0.6) is 11.5 Å². The molecule has 20 heavy (non-hydrogen) atoms. The number of imidazole rings is 1. The molecule has 0 spiro atoms. The van der Waals surface area contributed by atoms with Crippen LogP contribution in [0.2, 0.25) is 0 Å². The summed E-state index contributed by atoms with van der Waals surface area (Å²) in [5, 5.41) is 9.01. The molecule has 0 saturated heterocycles. The van der Waals surface area contributed by atoms with Gasteiger partial charge in [0.15, 0.2) is 0 Å². The molecule has 0 bridgehead atoms. The Hall–Kier alpha value is -2.59. The minimum atomic E-state index is -0.0534. The molecule has 4 nitrogen and oxygen atoms in total. The SMILES string of the molecule is OCc1cn(-c2ccc(Oc3ccccc3)cc2)cn1. The van der Waals surface area contributed by atoms with Crippen molar-refractivity contribution in [1.82, 2.24) is 9.55 Å². The molecule has 0 aliphatic rings. The van der Waals surface area contributed by atoms with E-state index in [1.54, 1.807) is 12.5 Å². The van der Waals surface area contributed by atoms with Crippen molar-refractivity contribution >= 4 is 0 Å². The number of aromatic nitrogens is 2. The van der Waals surface area contributed by atoms with Gasteiger partial charge < -0.3 is 14.4 Å². The largest absolute Gasteiger partial charge is 0.457 e. The summed E-state index contributed by atoms with van der Waals surface area (Å²) in [6, 6.07) is 17.4. The average molecular weight is 266 g/mol. The minimum absolute atomic E-state index is 0.0534. The lowest BCUT2D eigenvalue weighted by Crippen LogP contribution is -1.90. The fourth-order valence-electron chi connectivity index (χ4n) is 1.90. The Morgan fingerprint density at radius 1 is 0.950 bits per heavy atom. The van der Waals surface area contributed by atoms with Crippen molar-refractivity contribution in [2.45, 2.75) is 6.61 Å². The Balaban J connectivity index is 1.77. The summed E-state index contributed by atoms with van der Waals surface area (Å²) in [5.74, 6) is 1.59. The smallest absolute Gasteiger partial charge is 0.127 e. The van der Waals surface area contributed by atoms with E-state index < -0.39 is 0 Å². The molecule has 4 heteroatoms. The third-order valence-electron chi connectivity index (χ3n) is 2.91. The lowest BCUT2D eigenvalue weighted by Gasteiger charge is -2.07. The van der Waals surface area contributed by atoms with Gasteiger partial charge in [0.2, 0.25) is 0 Å². The van der Waals surface area contributed by atoms with Crippen LogP contribution in [-0.2, 0) is 6.61 Å². The summed E-state index contributed by atoms with van der Waals surface area (Å²) in [7, 11) is 0. The van der Waals surface area contributed by atoms with E-state index in [-0.39, 0.29) is 6.61 Å². The fraction of sp³-hybridized carbons (Fsp3) is 0.0625. The van der Waals surface area contributed by atoms with Gasteiger partial charge in [0, 0.05) is 11.9 Å². The molecule has 100 valence electrons. The van der Waals surface area contributed by atoms with E-state index in [2.05, 4.69) is 4.98 Å². The maximum Gasteiger partial charge on any atom is 0.127 e. The zero-order valence-electron chi connectivity index (χ0n) is 10.8. The highest BCUT2D eigenvalue weighted by Crippen LogP contribution is 2.22. The van der Waals surface area contributed by atoms with Gasteiger partial charge in [0.05, 0.1) is 18.6 Å². The number of aliphatic hydroxyl groups is 1. The number of benzene rings is 2. The number of hydrogen-bond donors (Lipinski definition) is 1. The highest BCUT2D eigenvalue weighted by molar-refractivity contribution is 5.39. The Morgan fingerprint density at radius 2 is 1.65 bits per heavy atom. The molecule has 0 fully saturated rings. The predicted octanol–water partition coefficient (Wildman–Crippen LogP) is 3.16. The molecular weight excluding hydrogens is 252 g/mol. The lowest BCUT2D eigenvalue weighted by molar-refractivity contribution is 0.277. The molecule has 1 heterocycles. The second-order valence-corrected chi connectivity index (χ2v) is 4.34. The normalized spacial score (nSPS) is 10.4. The molecule has 0 atom stereocenters. The summed E-state index contributed by atoms with van der Waals surface area (Å²) < 4.78 is 7.59. The van der Waals surface area contributed by atoms with Gasteiger partial charge in [-0.25, -0.2) is 4.98 Å². The molecule has 0 aliphatic heterocycles. The fourth-order valence-corrected chi connectivity index (χ4v) is 1.90. The summed E-state index contributed by atoms with van der Waals surface area (Å²) in [4.78, 5) is 4.08.